The third kappa shape index (κ3) is 3.48. The second kappa shape index (κ2) is 7.30. The van der Waals surface area contributed by atoms with Crippen LogP contribution in [-0.2, 0) is 22.9 Å². The number of rotatable bonds is 4. The van der Waals surface area contributed by atoms with Crippen LogP contribution in [0, 0.1) is 5.92 Å². The molecule has 2 N–H and O–H groups in total. The highest BCUT2D eigenvalue weighted by Gasteiger charge is 2.30. The smallest absolute Gasteiger partial charge is 0.243 e. The van der Waals surface area contributed by atoms with E-state index in [9.17, 15) is 8.42 Å². The molecular formula is C16H25ClN2O2S. The van der Waals surface area contributed by atoms with Crippen molar-refractivity contribution in [3.8, 4) is 0 Å². The van der Waals surface area contributed by atoms with Crippen molar-refractivity contribution >= 4 is 22.4 Å². The summed E-state index contributed by atoms with van der Waals surface area (Å²) in [5.74, 6) is 0.410. The molecule has 1 atom stereocenters. The highest BCUT2D eigenvalue weighted by atomic mass is 35.5. The Bertz CT molecular complexity index is 617. The number of hydrogen-bond donors (Lipinski definition) is 1. The normalized spacial score (nSPS) is 22.1. The number of nitrogens with zero attached hydrogens (tertiary/aromatic N) is 1. The standard InChI is InChI=1S/C16H24N2O2S.ClH/c17-9-8-13-3-2-10-18(12-13)21(19,20)16-7-6-14-4-1-5-15(14)11-16;/h6-7,11,13H,1-5,8-10,12,17H2;1H. The van der Waals surface area contributed by atoms with Crippen LogP contribution < -0.4 is 5.73 Å². The van der Waals surface area contributed by atoms with Gasteiger partial charge in [-0.1, -0.05) is 6.07 Å². The van der Waals surface area contributed by atoms with E-state index >= 15 is 0 Å². The van der Waals surface area contributed by atoms with E-state index in [4.69, 9.17) is 5.73 Å². The Hall–Kier alpha value is -0.620. The molecular weight excluding hydrogens is 320 g/mol. The number of fused-ring (bicyclic) bond motifs is 1. The molecule has 6 heteroatoms. The van der Waals surface area contributed by atoms with Gasteiger partial charge in [0.2, 0.25) is 10.0 Å². The second-order valence-corrected chi connectivity index (χ2v) is 8.17. The Kier molecular flexibility index (Phi) is 5.88. The largest absolute Gasteiger partial charge is 0.330 e. The summed E-state index contributed by atoms with van der Waals surface area (Å²) in [4.78, 5) is 0.469. The van der Waals surface area contributed by atoms with Crippen LogP contribution in [0.5, 0.6) is 0 Å². The van der Waals surface area contributed by atoms with Crippen molar-refractivity contribution in [3.05, 3.63) is 29.3 Å². The minimum absolute atomic E-state index is 0. The summed E-state index contributed by atoms with van der Waals surface area (Å²) in [6.45, 7) is 1.90. The Balaban J connectivity index is 0.00000176. The molecule has 22 heavy (non-hydrogen) atoms. The van der Waals surface area contributed by atoms with E-state index in [0.717, 1.165) is 38.5 Å². The summed E-state index contributed by atoms with van der Waals surface area (Å²) in [6, 6.07) is 5.67. The summed E-state index contributed by atoms with van der Waals surface area (Å²) >= 11 is 0. The van der Waals surface area contributed by atoms with Gasteiger partial charge in [0.25, 0.3) is 0 Å². The first-order chi connectivity index (χ1) is 10.1. The molecule has 3 rings (SSSR count). The molecule has 1 aromatic carbocycles. The van der Waals surface area contributed by atoms with Crippen molar-refractivity contribution < 1.29 is 8.42 Å². The van der Waals surface area contributed by atoms with E-state index in [0.29, 0.717) is 30.4 Å². The molecule has 0 bridgehead atoms. The van der Waals surface area contributed by atoms with E-state index < -0.39 is 10.0 Å². The zero-order valence-corrected chi connectivity index (χ0v) is 14.5. The molecule has 1 fully saturated rings. The fourth-order valence-electron chi connectivity index (χ4n) is 3.57. The first-order valence-electron chi connectivity index (χ1n) is 7.93. The molecule has 1 saturated heterocycles. The van der Waals surface area contributed by atoms with Crippen molar-refractivity contribution in [1.29, 1.82) is 0 Å². The first kappa shape index (κ1) is 17.7. The number of nitrogens with two attached hydrogens (primary N) is 1. The van der Waals surface area contributed by atoms with Gasteiger partial charge in [0, 0.05) is 13.1 Å². The lowest BCUT2D eigenvalue weighted by molar-refractivity contribution is 0.258. The van der Waals surface area contributed by atoms with Crippen molar-refractivity contribution in [2.45, 2.75) is 43.4 Å². The number of benzene rings is 1. The molecule has 0 radical (unpaired) electrons. The van der Waals surface area contributed by atoms with Gasteiger partial charge in [-0.2, -0.15) is 4.31 Å². The highest BCUT2D eigenvalue weighted by Crippen LogP contribution is 2.29. The fourth-order valence-corrected chi connectivity index (χ4v) is 5.18. The minimum atomic E-state index is -3.34. The Morgan fingerprint density at radius 2 is 1.95 bits per heavy atom. The second-order valence-electron chi connectivity index (χ2n) is 6.23. The topological polar surface area (TPSA) is 63.4 Å². The molecule has 2 aliphatic rings. The van der Waals surface area contributed by atoms with Crippen LogP contribution in [0.15, 0.2) is 23.1 Å². The SMILES string of the molecule is Cl.NCCC1CCCN(S(=O)(=O)c2ccc3c(c2)CCC3)C1. The molecule has 1 unspecified atom stereocenters. The van der Waals surface area contributed by atoms with Crippen LogP contribution in [0.2, 0.25) is 0 Å². The van der Waals surface area contributed by atoms with E-state index in [1.165, 1.54) is 11.1 Å². The summed E-state index contributed by atoms with van der Waals surface area (Å²) < 4.78 is 27.3. The number of aryl methyl sites for hydroxylation is 2. The van der Waals surface area contributed by atoms with Crippen LogP contribution in [0.4, 0.5) is 0 Å². The van der Waals surface area contributed by atoms with E-state index in [-0.39, 0.29) is 12.4 Å². The van der Waals surface area contributed by atoms with Crippen molar-refractivity contribution in [2.75, 3.05) is 19.6 Å². The summed E-state index contributed by atoms with van der Waals surface area (Å²) in [5.41, 5.74) is 8.15. The van der Waals surface area contributed by atoms with E-state index in [1.807, 2.05) is 12.1 Å². The molecule has 1 aliphatic heterocycles. The zero-order chi connectivity index (χ0) is 14.9. The quantitative estimate of drug-likeness (QED) is 0.911. The molecule has 0 saturated carbocycles. The highest BCUT2D eigenvalue weighted by molar-refractivity contribution is 7.89. The van der Waals surface area contributed by atoms with Crippen LogP contribution in [0.1, 0.15) is 36.8 Å². The monoisotopic (exact) mass is 344 g/mol. The average molecular weight is 345 g/mol. The van der Waals surface area contributed by atoms with Gasteiger partial charge in [-0.15, -0.1) is 12.4 Å². The third-order valence-electron chi connectivity index (χ3n) is 4.76. The van der Waals surface area contributed by atoms with Gasteiger partial charge in [-0.25, -0.2) is 8.42 Å². The predicted octanol–water partition coefficient (Wildman–Crippen LogP) is 2.35. The Morgan fingerprint density at radius 3 is 2.73 bits per heavy atom. The van der Waals surface area contributed by atoms with Gasteiger partial charge in [0.1, 0.15) is 0 Å². The molecule has 1 heterocycles. The van der Waals surface area contributed by atoms with Crippen LogP contribution >= 0.6 is 12.4 Å². The maximum absolute atomic E-state index is 12.8. The van der Waals surface area contributed by atoms with Crippen molar-refractivity contribution in [2.24, 2.45) is 11.7 Å². The first-order valence-corrected chi connectivity index (χ1v) is 9.37. The number of sulfonamides is 1. The molecule has 1 aromatic rings. The van der Waals surface area contributed by atoms with E-state index in [2.05, 4.69) is 0 Å². The summed E-state index contributed by atoms with van der Waals surface area (Å²) in [6.07, 6.45) is 6.17. The summed E-state index contributed by atoms with van der Waals surface area (Å²) in [7, 11) is -3.34. The van der Waals surface area contributed by atoms with E-state index in [1.54, 1.807) is 10.4 Å². The third-order valence-corrected chi connectivity index (χ3v) is 6.63. The molecule has 4 nitrogen and oxygen atoms in total. The zero-order valence-electron chi connectivity index (χ0n) is 12.8. The van der Waals surface area contributed by atoms with Gasteiger partial charge >= 0.3 is 0 Å². The van der Waals surface area contributed by atoms with Gasteiger partial charge < -0.3 is 5.73 Å². The molecule has 0 aromatic heterocycles. The number of hydrogen-bond acceptors (Lipinski definition) is 3. The lowest BCUT2D eigenvalue weighted by atomic mass is 9.96. The number of piperidine rings is 1. The van der Waals surface area contributed by atoms with Crippen LogP contribution in [0.25, 0.3) is 0 Å². The lowest BCUT2D eigenvalue weighted by Crippen LogP contribution is -2.40. The van der Waals surface area contributed by atoms with Crippen molar-refractivity contribution in [1.82, 2.24) is 4.31 Å². The maximum atomic E-state index is 12.8. The fraction of sp³-hybridized carbons (Fsp3) is 0.625. The average Bonchev–Trinajstić information content (AvgIpc) is 2.95. The molecule has 124 valence electrons. The predicted molar refractivity (Wildman–Crippen MR) is 90.9 cm³/mol. The molecule has 1 aliphatic carbocycles. The van der Waals surface area contributed by atoms with Crippen molar-refractivity contribution in [3.63, 3.8) is 0 Å². The number of halogens is 1. The van der Waals surface area contributed by atoms with Gasteiger partial charge in [-0.05, 0) is 74.2 Å². The Morgan fingerprint density at radius 1 is 1.18 bits per heavy atom. The summed E-state index contributed by atoms with van der Waals surface area (Å²) in [5, 5.41) is 0. The Labute approximate surface area is 139 Å². The maximum Gasteiger partial charge on any atom is 0.243 e. The minimum Gasteiger partial charge on any atom is -0.330 e. The molecule has 0 amide bonds. The van der Waals surface area contributed by atoms with Gasteiger partial charge in [-0.3, -0.25) is 0 Å². The van der Waals surface area contributed by atoms with Crippen LogP contribution in [-0.4, -0.2) is 32.4 Å². The lowest BCUT2D eigenvalue weighted by Gasteiger charge is -2.31. The van der Waals surface area contributed by atoms with Crippen LogP contribution in [0.3, 0.4) is 0 Å². The van der Waals surface area contributed by atoms with Gasteiger partial charge in [0.05, 0.1) is 4.90 Å². The van der Waals surface area contributed by atoms with Gasteiger partial charge in [0.15, 0.2) is 0 Å². The molecule has 0 spiro atoms.